The van der Waals surface area contributed by atoms with Crippen LogP contribution in [0.1, 0.15) is 13.8 Å². The highest BCUT2D eigenvalue weighted by Gasteiger charge is 2.31. The van der Waals surface area contributed by atoms with Gasteiger partial charge in [0, 0.05) is 38.1 Å². The Morgan fingerprint density at radius 1 is 0.950 bits per heavy atom. The van der Waals surface area contributed by atoms with Gasteiger partial charge in [0.15, 0.2) is 12.4 Å². The minimum atomic E-state index is -4.51. The number of pyridine rings is 1. The van der Waals surface area contributed by atoms with Crippen LogP contribution >= 0.6 is 0 Å². The molecule has 40 heavy (non-hydrogen) atoms. The number of carbonyl (C=O) groups is 1. The van der Waals surface area contributed by atoms with Crippen LogP contribution in [0.15, 0.2) is 42.6 Å². The van der Waals surface area contributed by atoms with E-state index in [1.165, 1.54) is 11.8 Å². The van der Waals surface area contributed by atoms with E-state index in [1.54, 1.807) is 38.2 Å². The number of nitrogens with zero attached hydrogens (tertiary/aromatic N) is 4. The lowest BCUT2D eigenvalue weighted by Crippen LogP contribution is -2.32. The number of rotatable bonds is 13. The second kappa shape index (κ2) is 12.8. The Balaban J connectivity index is 1.70. The first-order chi connectivity index (χ1) is 18.7. The normalized spacial score (nSPS) is 12.3. The summed E-state index contributed by atoms with van der Waals surface area (Å²) >= 11 is 0. The molecule has 0 radical (unpaired) electrons. The lowest BCUT2D eigenvalue weighted by Gasteiger charge is -2.21. The third-order valence-electron chi connectivity index (χ3n) is 5.74. The Bertz CT molecular complexity index is 1260. The third-order valence-corrected chi connectivity index (χ3v) is 7.45. The molecule has 9 nitrogen and oxygen atoms in total. The highest BCUT2D eigenvalue weighted by atomic mass is 28.3. The second-order valence-corrected chi connectivity index (χ2v) is 16.7. The van der Waals surface area contributed by atoms with Crippen molar-refractivity contribution in [2.75, 3.05) is 26.9 Å². The average Bonchev–Trinajstić information content (AvgIpc) is 3.31. The Labute approximate surface area is 232 Å². The van der Waals surface area contributed by atoms with Crippen LogP contribution in [-0.4, -0.2) is 66.9 Å². The average molecular weight is 581 g/mol. The van der Waals surface area contributed by atoms with Crippen LogP contribution < -0.4 is 9.47 Å². The fraction of sp³-hybridized carbons (Fsp3) is 0.481. The maximum Gasteiger partial charge on any atom is 0.422 e. The highest BCUT2D eigenvalue weighted by Crippen LogP contribution is 2.27. The first kappa shape index (κ1) is 31.1. The lowest BCUT2D eigenvalue weighted by molar-refractivity contribution is -0.155. The maximum atomic E-state index is 12.8. The summed E-state index contributed by atoms with van der Waals surface area (Å²) in [7, 11) is -0.000626. The molecule has 3 rings (SSSR count). The lowest BCUT2D eigenvalue weighted by atomic mass is 9.95. The van der Waals surface area contributed by atoms with Crippen LogP contribution in [-0.2, 0) is 21.0 Å². The molecule has 0 aliphatic rings. The molecule has 0 unspecified atom stereocenters. The molecule has 0 fully saturated rings. The van der Waals surface area contributed by atoms with Gasteiger partial charge in [-0.1, -0.05) is 43.9 Å². The number of alkyl halides is 3. The maximum absolute atomic E-state index is 12.8. The molecule has 0 saturated carbocycles. The molecule has 0 atom stereocenters. The first-order valence-corrected chi connectivity index (χ1v) is 16.4. The molecule has 0 aliphatic carbocycles. The van der Waals surface area contributed by atoms with E-state index in [4.69, 9.17) is 18.9 Å². The van der Waals surface area contributed by atoms with Crippen molar-refractivity contribution in [1.82, 2.24) is 19.7 Å². The van der Waals surface area contributed by atoms with E-state index in [-0.39, 0.29) is 31.1 Å². The van der Waals surface area contributed by atoms with Crippen molar-refractivity contribution in [3.8, 4) is 34.4 Å². The van der Waals surface area contributed by atoms with Gasteiger partial charge in [0.2, 0.25) is 5.88 Å². The molecule has 0 aliphatic heterocycles. The molecule has 1 aromatic carbocycles. The summed E-state index contributed by atoms with van der Waals surface area (Å²) in [5.74, 6) is 0.204. The van der Waals surface area contributed by atoms with Crippen LogP contribution in [0.2, 0.25) is 25.7 Å². The van der Waals surface area contributed by atoms with Gasteiger partial charge in [0.25, 0.3) is 0 Å². The third kappa shape index (κ3) is 9.33. The first-order valence-electron chi connectivity index (χ1n) is 12.7. The van der Waals surface area contributed by atoms with Gasteiger partial charge in [-0.15, -0.1) is 5.10 Å². The highest BCUT2D eigenvalue weighted by molar-refractivity contribution is 6.76. The summed E-state index contributed by atoms with van der Waals surface area (Å²) in [6.45, 7) is 9.09. The number of ether oxygens (including phenoxy) is 4. The molecule has 0 bridgehead atoms. The summed E-state index contributed by atoms with van der Waals surface area (Å²) in [6.07, 6.45) is -2.87. The standard InChI is InChI=1S/C27H35F3N4O5Si/c1-26(2,24(35)36-3)16-38-22-12-11-21(15-31-22)19-7-9-20(10-8-19)23-32-25(39-17-27(28,29)30)34(33-23)18-37-13-14-40(4,5)6/h7-12,15H,13-14,16-18H2,1-6H3. The van der Waals surface area contributed by atoms with Crippen molar-refractivity contribution in [2.24, 2.45) is 5.41 Å². The topological polar surface area (TPSA) is 97.6 Å². The predicted octanol–water partition coefficient (Wildman–Crippen LogP) is 5.84. The predicted molar refractivity (Wildman–Crippen MR) is 146 cm³/mol. The monoisotopic (exact) mass is 580 g/mol. The van der Waals surface area contributed by atoms with Gasteiger partial charge in [-0.25, -0.2) is 4.98 Å². The smallest absolute Gasteiger partial charge is 0.422 e. The SMILES string of the molecule is COC(=O)C(C)(C)COc1ccc(-c2ccc(-c3nc(OCC(F)(F)F)n(COCC[Si](C)(C)C)n3)cc2)cn1. The summed E-state index contributed by atoms with van der Waals surface area (Å²) in [4.78, 5) is 20.3. The molecule has 0 amide bonds. The van der Waals surface area contributed by atoms with Crippen molar-refractivity contribution in [2.45, 2.75) is 52.4 Å². The number of methoxy groups -OCH3 is 1. The summed E-state index contributed by atoms with van der Waals surface area (Å²) < 4.78 is 60.5. The van der Waals surface area contributed by atoms with Gasteiger partial charge in [-0.2, -0.15) is 22.8 Å². The van der Waals surface area contributed by atoms with E-state index in [9.17, 15) is 18.0 Å². The molecular weight excluding hydrogens is 545 g/mol. The summed E-state index contributed by atoms with van der Waals surface area (Å²) in [6, 6.07) is 11.4. The Hall–Kier alpha value is -3.45. The zero-order valence-electron chi connectivity index (χ0n) is 23.5. The molecule has 3 aromatic rings. The number of benzene rings is 1. The fourth-order valence-electron chi connectivity index (χ4n) is 3.35. The van der Waals surface area contributed by atoms with Crippen LogP contribution in [0.4, 0.5) is 13.2 Å². The minimum Gasteiger partial charge on any atom is -0.476 e. The molecular formula is C27H35F3N4O5Si. The van der Waals surface area contributed by atoms with Crippen LogP contribution in [0.25, 0.3) is 22.5 Å². The molecule has 2 aromatic heterocycles. The van der Waals surface area contributed by atoms with Crippen LogP contribution in [0.3, 0.4) is 0 Å². The molecule has 0 saturated heterocycles. The number of esters is 1. The molecule has 13 heteroatoms. The molecule has 2 heterocycles. The quantitative estimate of drug-likeness (QED) is 0.141. The number of hydrogen-bond donors (Lipinski definition) is 0. The second-order valence-electron chi connectivity index (χ2n) is 11.1. The van der Waals surface area contributed by atoms with E-state index >= 15 is 0 Å². The number of carbonyl (C=O) groups excluding carboxylic acids is 1. The van der Waals surface area contributed by atoms with E-state index in [1.807, 2.05) is 18.2 Å². The Morgan fingerprint density at radius 3 is 2.17 bits per heavy atom. The van der Waals surface area contributed by atoms with E-state index < -0.39 is 26.3 Å². The van der Waals surface area contributed by atoms with Crippen molar-refractivity contribution in [3.05, 3.63) is 42.6 Å². The largest absolute Gasteiger partial charge is 0.476 e. The van der Waals surface area contributed by atoms with Gasteiger partial charge in [0.1, 0.15) is 13.3 Å². The minimum absolute atomic E-state index is 0.0698. The van der Waals surface area contributed by atoms with Gasteiger partial charge in [-0.3, -0.25) is 4.79 Å². The Kier molecular flexibility index (Phi) is 9.95. The van der Waals surface area contributed by atoms with E-state index in [0.717, 1.165) is 17.2 Å². The zero-order chi connectivity index (χ0) is 29.6. The summed E-state index contributed by atoms with van der Waals surface area (Å²) in [5.41, 5.74) is 1.44. The van der Waals surface area contributed by atoms with E-state index in [2.05, 4.69) is 34.7 Å². The Morgan fingerprint density at radius 2 is 1.60 bits per heavy atom. The molecule has 0 spiro atoms. The van der Waals surface area contributed by atoms with Crippen LogP contribution in [0.5, 0.6) is 11.9 Å². The number of halogens is 3. The van der Waals surface area contributed by atoms with Crippen molar-refractivity contribution < 1.29 is 36.9 Å². The van der Waals surface area contributed by atoms with Crippen molar-refractivity contribution >= 4 is 14.0 Å². The fourth-order valence-corrected chi connectivity index (χ4v) is 4.11. The van der Waals surface area contributed by atoms with Crippen molar-refractivity contribution in [3.63, 3.8) is 0 Å². The zero-order valence-corrected chi connectivity index (χ0v) is 24.5. The molecule has 0 N–H and O–H groups in total. The van der Waals surface area contributed by atoms with Gasteiger partial charge in [0.05, 0.1) is 12.5 Å². The van der Waals surface area contributed by atoms with Crippen molar-refractivity contribution in [1.29, 1.82) is 0 Å². The van der Waals surface area contributed by atoms with Gasteiger partial charge >= 0.3 is 18.2 Å². The van der Waals surface area contributed by atoms with E-state index in [0.29, 0.717) is 18.1 Å². The summed E-state index contributed by atoms with van der Waals surface area (Å²) in [5, 5.41) is 4.33. The number of aromatic nitrogens is 4. The van der Waals surface area contributed by atoms with Crippen LogP contribution in [0, 0.1) is 5.41 Å². The van der Waals surface area contributed by atoms with Gasteiger partial charge in [-0.05, 0) is 31.5 Å². The van der Waals surface area contributed by atoms with Gasteiger partial charge < -0.3 is 18.9 Å². The number of hydrogen-bond acceptors (Lipinski definition) is 8. The molecule has 218 valence electrons.